The molecule has 1 atom stereocenters. The van der Waals surface area contributed by atoms with Crippen LogP contribution in [0.1, 0.15) is 12.0 Å². The average molecular weight is 326 g/mol. The highest BCUT2D eigenvalue weighted by Gasteiger charge is 2.24. The molecule has 0 saturated heterocycles. The fourth-order valence-electron chi connectivity index (χ4n) is 1.55. The minimum absolute atomic E-state index is 0.0349. The van der Waals surface area contributed by atoms with Gasteiger partial charge in [0.2, 0.25) is 11.9 Å². The number of phenols is 2. The van der Waals surface area contributed by atoms with Crippen molar-refractivity contribution in [2.45, 2.75) is 12.5 Å². The molecule has 1 unspecified atom stereocenters. The highest BCUT2D eigenvalue weighted by molar-refractivity contribution is 5.90. The molecule has 9 nitrogen and oxygen atoms in total. The molecule has 0 saturated carbocycles. The lowest BCUT2D eigenvalue weighted by molar-refractivity contribution is -0.164. The molecule has 0 aromatic heterocycles. The third kappa shape index (κ3) is 5.23. The first-order valence-electron chi connectivity index (χ1n) is 6.17. The lowest BCUT2D eigenvalue weighted by Gasteiger charge is -2.09. The lowest BCUT2D eigenvalue weighted by Crippen LogP contribution is -2.28. The summed E-state index contributed by atoms with van der Waals surface area (Å²) in [6, 6.07) is 2.44. The molecule has 0 bridgehead atoms. The van der Waals surface area contributed by atoms with E-state index in [-0.39, 0.29) is 11.3 Å². The average Bonchev–Trinajstić information content (AvgIpc) is 2.47. The fourth-order valence-corrected chi connectivity index (χ4v) is 1.55. The van der Waals surface area contributed by atoms with Crippen LogP contribution in [0.25, 0.3) is 6.08 Å². The van der Waals surface area contributed by atoms with Gasteiger partial charge in [-0.05, 0) is 23.8 Å². The second kappa shape index (κ2) is 7.69. The maximum atomic E-state index is 11.5. The number of benzene rings is 1. The zero-order valence-corrected chi connectivity index (χ0v) is 11.9. The second-order valence-electron chi connectivity index (χ2n) is 4.29. The van der Waals surface area contributed by atoms with E-state index in [4.69, 9.17) is 14.9 Å². The second-order valence-corrected chi connectivity index (χ2v) is 4.29. The number of hydrogen-bond acceptors (Lipinski definition) is 7. The number of phenolic OH excluding ortho intramolecular Hbond substituents is 2. The van der Waals surface area contributed by atoms with Crippen molar-refractivity contribution in [1.82, 2.24) is 0 Å². The molecule has 0 amide bonds. The third-order valence-electron chi connectivity index (χ3n) is 2.60. The van der Waals surface area contributed by atoms with Gasteiger partial charge in [-0.3, -0.25) is 4.79 Å². The van der Waals surface area contributed by atoms with E-state index in [1.54, 1.807) is 0 Å². The molecule has 1 rings (SSSR count). The van der Waals surface area contributed by atoms with Crippen LogP contribution in [-0.2, 0) is 19.1 Å². The van der Waals surface area contributed by atoms with Crippen LogP contribution in [0.2, 0.25) is 0 Å². The van der Waals surface area contributed by atoms with Crippen LogP contribution in [0.15, 0.2) is 18.2 Å². The van der Waals surface area contributed by atoms with Crippen LogP contribution in [0.5, 0.6) is 17.2 Å². The summed E-state index contributed by atoms with van der Waals surface area (Å²) in [4.78, 5) is 32.8. The molecule has 4 N–H and O–H groups in total. The monoisotopic (exact) mass is 326 g/mol. The van der Waals surface area contributed by atoms with Crippen molar-refractivity contribution in [2.24, 2.45) is 0 Å². The first kappa shape index (κ1) is 17.8. The summed E-state index contributed by atoms with van der Waals surface area (Å²) in [6.07, 6.45) is -0.664. The van der Waals surface area contributed by atoms with Gasteiger partial charge in [-0.25, -0.2) is 9.59 Å². The Kier molecular flexibility index (Phi) is 5.95. The number of aliphatic carboxylic acids is 2. The first-order valence-corrected chi connectivity index (χ1v) is 6.17. The number of carboxylic acid groups (broad SMARTS) is 2. The number of ether oxygens (including phenoxy) is 2. The van der Waals surface area contributed by atoms with Crippen molar-refractivity contribution in [3.8, 4) is 17.2 Å². The highest BCUT2D eigenvalue weighted by atomic mass is 16.6. The maximum absolute atomic E-state index is 11.5. The Morgan fingerprint density at radius 1 is 1.22 bits per heavy atom. The standard InChI is InChI=1S/C14H14O9/c1-22-9-5-7(4-8(15)13(9)19)2-3-12(18)23-10(14(20)21)6-11(16)17/h2-5,10,15,19H,6H2,1H3,(H,16,17)(H,20,21). The Morgan fingerprint density at radius 3 is 2.39 bits per heavy atom. The van der Waals surface area contributed by atoms with E-state index in [0.717, 1.165) is 12.1 Å². The molecule has 0 aliphatic rings. The molecule has 9 heteroatoms. The van der Waals surface area contributed by atoms with Gasteiger partial charge in [0.25, 0.3) is 0 Å². The summed E-state index contributed by atoms with van der Waals surface area (Å²) >= 11 is 0. The molecule has 0 spiro atoms. The van der Waals surface area contributed by atoms with E-state index in [1.807, 2.05) is 0 Å². The molecule has 124 valence electrons. The van der Waals surface area contributed by atoms with Crippen LogP contribution >= 0.6 is 0 Å². The lowest BCUT2D eigenvalue weighted by atomic mass is 10.1. The third-order valence-corrected chi connectivity index (χ3v) is 2.60. The van der Waals surface area contributed by atoms with Gasteiger partial charge in [-0.1, -0.05) is 0 Å². The Labute approximate surface area is 130 Å². The van der Waals surface area contributed by atoms with E-state index in [2.05, 4.69) is 4.74 Å². The number of hydrogen-bond donors (Lipinski definition) is 4. The van der Waals surface area contributed by atoms with Gasteiger partial charge in [-0.15, -0.1) is 0 Å². The molecule has 23 heavy (non-hydrogen) atoms. The van der Waals surface area contributed by atoms with Gasteiger partial charge in [0, 0.05) is 6.08 Å². The Bertz CT molecular complexity index is 648. The van der Waals surface area contributed by atoms with Crippen molar-refractivity contribution in [1.29, 1.82) is 0 Å². The maximum Gasteiger partial charge on any atom is 0.345 e. The molecule has 1 aromatic carbocycles. The number of aromatic hydroxyl groups is 2. The molecule has 0 fully saturated rings. The van der Waals surface area contributed by atoms with Crippen LogP contribution < -0.4 is 4.74 Å². The molecule has 0 aliphatic heterocycles. The number of carbonyl (C=O) groups excluding carboxylic acids is 1. The van der Waals surface area contributed by atoms with Gasteiger partial charge in [0.15, 0.2) is 11.5 Å². The fraction of sp³-hybridized carbons (Fsp3) is 0.214. The predicted octanol–water partition coefficient (Wildman–Crippen LogP) is 0.591. The Balaban J connectivity index is 2.84. The Hall–Kier alpha value is -3.23. The quantitative estimate of drug-likeness (QED) is 0.320. The largest absolute Gasteiger partial charge is 0.504 e. The van der Waals surface area contributed by atoms with Gasteiger partial charge < -0.3 is 29.9 Å². The zero-order valence-electron chi connectivity index (χ0n) is 11.9. The van der Waals surface area contributed by atoms with E-state index in [9.17, 15) is 24.6 Å². The molecule has 1 aromatic rings. The number of esters is 1. The first-order chi connectivity index (χ1) is 10.7. The zero-order chi connectivity index (χ0) is 17.6. The minimum atomic E-state index is -1.81. The summed E-state index contributed by atoms with van der Waals surface area (Å²) in [7, 11) is 1.26. The van der Waals surface area contributed by atoms with Crippen molar-refractivity contribution < 1.29 is 44.3 Å². The SMILES string of the molecule is COc1cc(C=CC(=O)OC(CC(=O)O)C(=O)O)cc(O)c1O. The number of carbonyl (C=O) groups is 3. The smallest absolute Gasteiger partial charge is 0.345 e. The van der Waals surface area contributed by atoms with E-state index < -0.39 is 41.9 Å². The van der Waals surface area contributed by atoms with Gasteiger partial charge in [-0.2, -0.15) is 0 Å². The van der Waals surface area contributed by atoms with Gasteiger partial charge in [0.1, 0.15) is 0 Å². The number of rotatable bonds is 7. The minimum Gasteiger partial charge on any atom is -0.504 e. The van der Waals surface area contributed by atoms with E-state index in [0.29, 0.717) is 0 Å². The van der Waals surface area contributed by atoms with Crippen molar-refractivity contribution in [3.63, 3.8) is 0 Å². The molecule has 0 heterocycles. The normalized spacial score (nSPS) is 11.9. The van der Waals surface area contributed by atoms with Crippen LogP contribution in [0.4, 0.5) is 0 Å². The summed E-state index contributed by atoms with van der Waals surface area (Å²) in [5.74, 6) is -5.08. The van der Waals surface area contributed by atoms with Crippen LogP contribution in [0, 0.1) is 0 Å². The Morgan fingerprint density at radius 2 is 1.87 bits per heavy atom. The number of carboxylic acids is 2. The highest BCUT2D eigenvalue weighted by Crippen LogP contribution is 2.36. The summed E-state index contributed by atoms with van der Waals surface area (Å²) < 4.78 is 9.32. The molecular weight excluding hydrogens is 312 g/mol. The van der Waals surface area contributed by atoms with E-state index in [1.165, 1.54) is 19.3 Å². The summed E-state index contributed by atoms with van der Waals surface area (Å²) in [5.41, 5.74) is 0.263. The predicted molar refractivity (Wildman–Crippen MR) is 75.1 cm³/mol. The molecule has 0 radical (unpaired) electrons. The van der Waals surface area contributed by atoms with Crippen LogP contribution in [-0.4, -0.2) is 51.5 Å². The van der Waals surface area contributed by atoms with Crippen molar-refractivity contribution in [2.75, 3.05) is 7.11 Å². The summed E-state index contributed by atoms with van der Waals surface area (Å²) in [5, 5.41) is 36.2. The van der Waals surface area contributed by atoms with Crippen LogP contribution in [0.3, 0.4) is 0 Å². The molecule has 0 aliphatic carbocycles. The number of methoxy groups -OCH3 is 1. The molecular formula is C14H14O9. The topological polar surface area (TPSA) is 151 Å². The van der Waals surface area contributed by atoms with Crippen molar-refractivity contribution in [3.05, 3.63) is 23.8 Å². The van der Waals surface area contributed by atoms with Gasteiger partial charge >= 0.3 is 17.9 Å². The van der Waals surface area contributed by atoms with Gasteiger partial charge in [0.05, 0.1) is 13.5 Å². The van der Waals surface area contributed by atoms with Crippen molar-refractivity contribution >= 4 is 24.0 Å². The summed E-state index contributed by atoms with van der Waals surface area (Å²) in [6.45, 7) is 0. The van der Waals surface area contributed by atoms with E-state index >= 15 is 0 Å².